The molecule has 1 atom stereocenters. The molecule has 0 radical (unpaired) electrons. The number of benzene rings is 1. The predicted molar refractivity (Wildman–Crippen MR) is 86.4 cm³/mol. The topological polar surface area (TPSA) is 63.6 Å². The molecule has 1 fully saturated rings. The summed E-state index contributed by atoms with van der Waals surface area (Å²) in [4.78, 5) is 17.1. The normalized spacial score (nSPS) is 15.4. The maximum absolute atomic E-state index is 13.6. The Bertz CT molecular complexity index is 994. The lowest BCUT2D eigenvalue weighted by Gasteiger charge is -2.13. The summed E-state index contributed by atoms with van der Waals surface area (Å²) in [7, 11) is 0. The quantitative estimate of drug-likeness (QED) is 0.658. The van der Waals surface area contributed by atoms with Crippen molar-refractivity contribution in [1.29, 1.82) is 5.26 Å². The molecular formula is C18H14F2N4O. The van der Waals surface area contributed by atoms with Crippen molar-refractivity contribution in [3.05, 3.63) is 54.1 Å². The highest BCUT2D eigenvalue weighted by molar-refractivity contribution is 6.01. The van der Waals surface area contributed by atoms with E-state index in [4.69, 9.17) is 0 Å². The van der Waals surface area contributed by atoms with Crippen LogP contribution in [0.4, 0.5) is 8.78 Å². The number of imidazole rings is 1. The van der Waals surface area contributed by atoms with Crippen LogP contribution in [0, 0.1) is 11.3 Å². The minimum absolute atomic E-state index is 0.207. The molecule has 0 aliphatic heterocycles. The summed E-state index contributed by atoms with van der Waals surface area (Å²) in [6.45, 7) is -2.89. The van der Waals surface area contributed by atoms with Crippen molar-refractivity contribution in [1.82, 2.24) is 14.1 Å². The van der Waals surface area contributed by atoms with Crippen molar-refractivity contribution >= 4 is 16.8 Å². The highest BCUT2D eigenvalue weighted by Crippen LogP contribution is 2.37. The van der Waals surface area contributed by atoms with Gasteiger partial charge in [0.25, 0.3) is 0 Å². The number of para-hydroxylation sites is 2. The van der Waals surface area contributed by atoms with Crippen LogP contribution in [0.5, 0.6) is 0 Å². The van der Waals surface area contributed by atoms with Gasteiger partial charge in [-0.15, -0.1) is 0 Å². The second kappa shape index (κ2) is 5.81. The molecule has 4 rings (SSSR count). The Kier molecular flexibility index (Phi) is 3.61. The van der Waals surface area contributed by atoms with E-state index in [-0.39, 0.29) is 17.4 Å². The molecule has 7 heteroatoms. The van der Waals surface area contributed by atoms with Gasteiger partial charge >= 0.3 is 6.55 Å². The number of halogens is 2. The maximum atomic E-state index is 13.6. The molecule has 1 aliphatic carbocycles. The molecule has 1 saturated carbocycles. The summed E-state index contributed by atoms with van der Waals surface area (Å²) in [6.07, 6.45) is 3.73. The number of hydrogen-bond donors (Lipinski definition) is 0. The van der Waals surface area contributed by atoms with Crippen LogP contribution in [0.2, 0.25) is 0 Å². The zero-order valence-electron chi connectivity index (χ0n) is 13.1. The summed E-state index contributed by atoms with van der Waals surface area (Å²) in [5.74, 6) is -2.10. The van der Waals surface area contributed by atoms with E-state index < -0.39 is 18.3 Å². The molecule has 25 heavy (non-hydrogen) atoms. The van der Waals surface area contributed by atoms with Crippen LogP contribution < -0.4 is 0 Å². The molecule has 1 aromatic carbocycles. The van der Waals surface area contributed by atoms with Gasteiger partial charge in [-0.2, -0.15) is 14.0 Å². The van der Waals surface area contributed by atoms with Crippen molar-refractivity contribution in [2.75, 3.05) is 0 Å². The van der Waals surface area contributed by atoms with E-state index in [1.54, 1.807) is 36.5 Å². The second-order valence-corrected chi connectivity index (χ2v) is 6.06. The van der Waals surface area contributed by atoms with Crippen LogP contribution in [-0.4, -0.2) is 19.9 Å². The second-order valence-electron chi connectivity index (χ2n) is 6.06. The molecule has 1 aliphatic rings. The predicted octanol–water partition coefficient (Wildman–Crippen LogP) is 4.06. The van der Waals surface area contributed by atoms with Crippen LogP contribution in [0.25, 0.3) is 11.0 Å². The molecule has 0 bridgehead atoms. The lowest BCUT2D eigenvalue weighted by atomic mass is 10.0. The van der Waals surface area contributed by atoms with E-state index in [1.165, 1.54) is 6.07 Å². The molecule has 0 N–H and O–H groups in total. The molecule has 2 heterocycles. The molecule has 0 amide bonds. The van der Waals surface area contributed by atoms with Gasteiger partial charge in [-0.25, -0.2) is 4.98 Å². The van der Waals surface area contributed by atoms with Crippen molar-refractivity contribution in [2.24, 2.45) is 0 Å². The Hall–Kier alpha value is -3.01. The standard InChI is InChI=1S/C18H14F2N4O/c19-18(20)24-14-5-2-1-4-13(14)22-17(24)12(10-21)16(25)15-6-3-9-23(15)11-7-8-11/h1-6,9,11-12,18H,7-8H2/t12-/m0/s1. The third-order valence-corrected chi connectivity index (χ3v) is 4.44. The molecular weight excluding hydrogens is 326 g/mol. The van der Waals surface area contributed by atoms with E-state index in [0.717, 1.165) is 12.8 Å². The number of carbonyl (C=O) groups excluding carboxylic acids is 1. The lowest BCUT2D eigenvalue weighted by Crippen LogP contribution is -2.19. The van der Waals surface area contributed by atoms with Crippen molar-refractivity contribution in [3.63, 3.8) is 0 Å². The Balaban J connectivity index is 1.83. The van der Waals surface area contributed by atoms with Gasteiger partial charge in [0.2, 0.25) is 5.78 Å². The smallest absolute Gasteiger partial charge is 0.320 e. The number of rotatable bonds is 5. The average Bonchev–Trinajstić information content (AvgIpc) is 3.20. The van der Waals surface area contributed by atoms with E-state index in [1.807, 2.05) is 10.6 Å². The van der Waals surface area contributed by atoms with Crippen molar-refractivity contribution < 1.29 is 13.6 Å². The monoisotopic (exact) mass is 340 g/mol. The zero-order chi connectivity index (χ0) is 17.6. The van der Waals surface area contributed by atoms with Crippen LogP contribution in [0.1, 0.15) is 47.7 Å². The number of hydrogen-bond acceptors (Lipinski definition) is 3. The van der Waals surface area contributed by atoms with Gasteiger partial charge in [-0.05, 0) is 37.1 Å². The van der Waals surface area contributed by atoms with E-state index >= 15 is 0 Å². The number of fused-ring (bicyclic) bond motifs is 1. The zero-order valence-corrected chi connectivity index (χ0v) is 13.1. The first kappa shape index (κ1) is 15.5. The fourth-order valence-electron chi connectivity index (χ4n) is 3.13. The summed E-state index contributed by atoms with van der Waals surface area (Å²) in [6, 6.07) is 11.9. The van der Waals surface area contributed by atoms with Gasteiger partial charge in [0, 0.05) is 12.2 Å². The first-order valence-corrected chi connectivity index (χ1v) is 7.97. The number of nitriles is 1. The minimum atomic E-state index is -2.89. The van der Waals surface area contributed by atoms with Crippen LogP contribution >= 0.6 is 0 Å². The van der Waals surface area contributed by atoms with Gasteiger partial charge in [-0.3, -0.25) is 9.36 Å². The molecule has 2 aromatic heterocycles. The lowest BCUT2D eigenvalue weighted by molar-refractivity contribution is 0.0700. The largest absolute Gasteiger partial charge is 0.342 e. The Morgan fingerprint density at radius 2 is 2.00 bits per heavy atom. The SMILES string of the molecule is N#C[C@@H](C(=O)c1cccn1C1CC1)c1nc2ccccc2n1C(F)F. The van der Waals surface area contributed by atoms with Gasteiger partial charge in [0.05, 0.1) is 22.8 Å². The maximum Gasteiger partial charge on any atom is 0.320 e. The first-order valence-electron chi connectivity index (χ1n) is 7.97. The highest BCUT2D eigenvalue weighted by atomic mass is 19.3. The van der Waals surface area contributed by atoms with Crippen LogP contribution in [0.15, 0.2) is 42.6 Å². The van der Waals surface area contributed by atoms with E-state index in [2.05, 4.69) is 4.98 Å². The number of carbonyl (C=O) groups is 1. The molecule has 5 nitrogen and oxygen atoms in total. The molecule has 126 valence electrons. The molecule has 0 saturated heterocycles. The average molecular weight is 340 g/mol. The molecule has 0 spiro atoms. The number of nitrogens with zero attached hydrogens (tertiary/aromatic N) is 4. The summed E-state index contributed by atoms with van der Waals surface area (Å²) < 4.78 is 29.7. The summed E-state index contributed by atoms with van der Waals surface area (Å²) >= 11 is 0. The van der Waals surface area contributed by atoms with Gasteiger partial charge in [0.1, 0.15) is 5.82 Å². The number of alkyl halides is 2. The molecule has 0 unspecified atom stereocenters. The third-order valence-electron chi connectivity index (χ3n) is 4.44. The summed E-state index contributed by atoms with van der Waals surface area (Å²) in [5.41, 5.74) is 0.906. The fourth-order valence-corrected chi connectivity index (χ4v) is 3.13. The summed E-state index contributed by atoms with van der Waals surface area (Å²) in [5, 5.41) is 9.55. The van der Waals surface area contributed by atoms with Crippen molar-refractivity contribution in [3.8, 4) is 6.07 Å². The van der Waals surface area contributed by atoms with Gasteiger partial charge in [-0.1, -0.05) is 12.1 Å². The van der Waals surface area contributed by atoms with E-state index in [0.29, 0.717) is 15.8 Å². The fraction of sp³-hybridized carbons (Fsp3) is 0.278. The van der Waals surface area contributed by atoms with Crippen LogP contribution in [0.3, 0.4) is 0 Å². The van der Waals surface area contributed by atoms with E-state index in [9.17, 15) is 18.8 Å². The number of ketones is 1. The first-order chi connectivity index (χ1) is 12.1. The number of Topliss-reactive ketones (excluding diaryl/α,β-unsaturated/α-hetero) is 1. The highest BCUT2D eigenvalue weighted by Gasteiger charge is 2.34. The van der Waals surface area contributed by atoms with Gasteiger partial charge < -0.3 is 4.57 Å². The number of aromatic nitrogens is 3. The Morgan fingerprint density at radius 3 is 2.68 bits per heavy atom. The minimum Gasteiger partial charge on any atom is -0.342 e. The Labute approximate surface area is 142 Å². The van der Waals surface area contributed by atoms with Gasteiger partial charge in [0.15, 0.2) is 5.92 Å². The Morgan fingerprint density at radius 1 is 1.24 bits per heavy atom. The third kappa shape index (κ3) is 2.50. The van der Waals surface area contributed by atoms with Crippen molar-refractivity contribution in [2.45, 2.75) is 31.4 Å². The molecule has 3 aromatic rings. The van der Waals surface area contributed by atoms with Crippen LogP contribution in [-0.2, 0) is 0 Å².